The minimum absolute atomic E-state index is 0.0449. The zero-order chi connectivity index (χ0) is 11.3. The summed E-state index contributed by atoms with van der Waals surface area (Å²) in [6.45, 7) is 1.44. The molecule has 0 unspecified atom stereocenters. The second-order valence-corrected chi connectivity index (χ2v) is 4.01. The minimum atomic E-state index is -0.122. The molecule has 1 aromatic carbocycles. The van der Waals surface area contributed by atoms with Crippen LogP contribution in [0.5, 0.6) is 5.75 Å². The van der Waals surface area contributed by atoms with Crippen molar-refractivity contribution in [2.75, 3.05) is 5.33 Å². The summed E-state index contributed by atoms with van der Waals surface area (Å²) < 4.78 is 0. The number of allylic oxidation sites excluding steroid dienone is 1. The van der Waals surface area contributed by atoms with E-state index in [0.29, 0.717) is 5.56 Å². The number of ketones is 1. The number of hydrogen-bond acceptors (Lipinski definition) is 2. The van der Waals surface area contributed by atoms with E-state index in [2.05, 4.69) is 15.9 Å². The third-order valence-corrected chi connectivity index (χ3v) is 2.44. The molecule has 3 heteroatoms. The van der Waals surface area contributed by atoms with Crippen molar-refractivity contribution in [3.63, 3.8) is 0 Å². The van der Waals surface area contributed by atoms with E-state index in [9.17, 15) is 9.90 Å². The molecule has 0 amide bonds. The first kappa shape index (κ1) is 12.0. The van der Waals surface area contributed by atoms with Crippen molar-refractivity contribution in [1.29, 1.82) is 0 Å². The molecule has 1 aromatic rings. The van der Waals surface area contributed by atoms with Crippen LogP contribution in [0.2, 0.25) is 0 Å². The highest BCUT2D eigenvalue weighted by molar-refractivity contribution is 9.09. The monoisotopic (exact) mass is 268 g/mol. The van der Waals surface area contributed by atoms with Crippen LogP contribution in [0.3, 0.4) is 0 Å². The maximum Gasteiger partial charge on any atom is 0.163 e. The number of carbonyl (C=O) groups excluding carboxylic acids is 1. The summed E-state index contributed by atoms with van der Waals surface area (Å²) in [6.07, 6.45) is 4.87. The molecule has 0 spiro atoms. The van der Waals surface area contributed by atoms with Gasteiger partial charge in [-0.1, -0.05) is 34.1 Å². The smallest absolute Gasteiger partial charge is 0.163 e. The van der Waals surface area contributed by atoms with Gasteiger partial charge in [0.2, 0.25) is 0 Å². The van der Waals surface area contributed by atoms with Crippen LogP contribution in [0.15, 0.2) is 24.3 Å². The molecule has 0 aliphatic heterocycles. The van der Waals surface area contributed by atoms with E-state index in [1.54, 1.807) is 12.1 Å². The molecule has 0 saturated heterocycles. The predicted octanol–water partition coefficient (Wildman–Crippen LogP) is 3.39. The van der Waals surface area contributed by atoms with Gasteiger partial charge < -0.3 is 5.11 Å². The quantitative estimate of drug-likeness (QED) is 0.672. The number of Topliss-reactive ketones (excluding diaryl/α,β-unsaturated/α-hetero) is 1. The lowest BCUT2D eigenvalue weighted by Crippen LogP contribution is -1.92. The lowest BCUT2D eigenvalue weighted by molar-refractivity contribution is 0.101. The normalized spacial score (nSPS) is 10.8. The number of aromatic hydroxyl groups is 1. The first-order valence-corrected chi connectivity index (χ1v) is 5.83. The maximum atomic E-state index is 11.1. The fourth-order valence-corrected chi connectivity index (χ4v) is 1.50. The number of hydrogen-bond donors (Lipinski definition) is 1. The lowest BCUT2D eigenvalue weighted by atomic mass is 10.1. The summed E-state index contributed by atoms with van der Waals surface area (Å²) >= 11 is 3.32. The molecule has 15 heavy (non-hydrogen) atoms. The molecule has 0 radical (unpaired) electrons. The van der Waals surface area contributed by atoms with Gasteiger partial charge in [-0.25, -0.2) is 0 Å². The van der Waals surface area contributed by atoms with Crippen molar-refractivity contribution in [2.24, 2.45) is 0 Å². The van der Waals surface area contributed by atoms with Gasteiger partial charge in [-0.05, 0) is 31.0 Å². The molecule has 0 atom stereocenters. The standard InChI is InChI=1S/C12H13BrO2/c1-9(14)11-6-5-10(8-12(11)15)4-2-3-7-13/h2,4-6,8,15H,3,7H2,1H3. The van der Waals surface area contributed by atoms with E-state index >= 15 is 0 Å². The molecule has 2 nitrogen and oxygen atoms in total. The molecule has 0 saturated carbocycles. The van der Waals surface area contributed by atoms with Crippen molar-refractivity contribution >= 4 is 27.8 Å². The lowest BCUT2D eigenvalue weighted by Gasteiger charge is -2.01. The molecule has 80 valence electrons. The highest BCUT2D eigenvalue weighted by Crippen LogP contribution is 2.20. The van der Waals surface area contributed by atoms with Crippen molar-refractivity contribution < 1.29 is 9.90 Å². The zero-order valence-corrected chi connectivity index (χ0v) is 10.1. The summed E-state index contributed by atoms with van der Waals surface area (Å²) in [5.74, 6) is -0.0769. The topological polar surface area (TPSA) is 37.3 Å². The number of halogens is 1. The predicted molar refractivity (Wildman–Crippen MR) is 65.6 cm³/mol. The fourth-order valence-electron chi connectivity index (χ4n) is 1.23. The van der Waals surface area contributed by atoms with Gasteiger partial charge in [0, 0.05) is 5.33 Å². The Morgan fingerprint density at radius 1 is 1.53 bits per heavy atom. The Kier molecular flexibility index (Phi) is 4.56. The summed E-state index contributed by atoms with van der Waals surface area (Å²) in [6, 6.07) is 5.06. The molecular formula is C12H13BrO2. The number of benzene rings is 1. The van der Waals surface area contributed by atoms with E-state index in [4.69, 9.17) is 0 Å². The number of carbonyl (C=O) groups is 1. The summed E-state index contributed by atoms with van der Waals surface area (Å²) in [5.41, 5.74) is 1.27. The Morgan fingerprint density at radius 3 is 2.80 bits per heavy atom. The molecule has 1 N–H and O–H groups in total. The molecular weight excluding hydrogens is 256 g/mol. The van der Waals surface area contributed by atoms with Gasteiger partial charge in [-0.2, -0.15) is 0 Å². The van der Waals surface area contributed by atoms with Crippen LogP contribution in [0, 0.1) is 0 Å². The Labute approximate surface area is 97.8 Å². The van der Waals surface area contributed by atoms with Crippen molar-refractivity contribution in [3.8, 4) is 5.75 Å². The summed E-state index contributed by atoms with van der Waals surface area (Å²) in [7, 11) is 0. The van der Waals surface area contributed by atoms with Gasteiger partial charge >= 0.3 is 0 Å². The molecule has 0 aliphatic carbocycles. The third kappa shape index (κ3) is 3.51. The summed E-state index contributed by atoms with van der Waals surface area (Å²) in [4.78, 5) is 11.1. The van der Waals surface area contributed by atoms with Crippen LogP contribution in [-0.4, -0.2) is 16.2 Å². The second kappa shape index (κ2) is 5.71. The van der Waals surface area contributed by atoms with Crippen LogP contribution >= 0.6 is 15.9 Å². The van der Waals surface area contributed by atoms with E-state index in [1.807, 2.05) is 18.2 Å². The van der Waals surface area contributed by atoms with Crippen molar-refractivity contribution in [2.45, 2.75) is 13.3 Å². The van der Waals surface area contributed by atoms with Gasteiger partial charge in [0.25, 0.3) is 0 Å². The van der Waals surface area contributed by atoms with E-state index < -0.39 is 0 Å². The number of rotatable bonds is 4. The first-order valence-electron chi connectivity index (χ1n) is 4.71. The molecule has 0 heterocycles. The first-order chi connectivity index (χ1) is 7.15. The number of phenols is 1. The van der Waals surface area contributed by atoms with E-state index in [0.717, 1.165) is 17.3 Å². The molecule has 0 aromatic heterocycles. The van der Waals surface area contributed by atoms with Crippen LogP contribution in [-0.2, 0) is 0 Å². The van der Waals surface area contributed by atoms with E-state index in [-0.39, 0.29) is 11.5 Å². The van der Waals surface area contributed by atoms with Crippen LogP contribution < -0.4 is 0 Å². The molecule has 0 fully saturated rings. The molecule has 0 bridgehead atoms. The maximum absolute atomic E-state index is 11.1. The summed E-state index contributed by atoms with van der Waals surface area (Å²) in [5, 5.41) is 10.5. The van der Waals surface area contributed by atoms with Gasteiger partial charge in [-0.15, -0.1) is 0 Å². The van der Waals surface area contributed by atoms with Crippen LogP contribution in [0.25, 0.3) is 6.08 Å². The Balaban J connectivity index is 2.87. The minimum Gasteiger partial charge on any atom is -0.507 e. The van der Waals surface area contributed by atoms with Crippen molar-refractivity contribution in [1.82, 2.24) is 0 Å². The van der Waals surface area contributed by atoms with E-state index in [1.165, 1.54) is 6.92 Å². The van der Waals surface area contributed by atoms with Crippen LogP contribution in [0.1, 0.15) is 29.3 Å². The fraction of sp³-hybridized carbons (Fsp3) is 0.250. The largest absolute Gasteiger partial charge is 0.507 e. The number of alkyl halides is 1. The second-order valence-electron chi connectivity index (χ2n) is 3.21. The Bertz CT molecular complexity index is 383. The average molecular weight is 269 g/mol. The highest BCUT2D eigenvalue weighted by Gasteiger charge is 2.05. The van der Waals surface area contributed by atoms with Crippen LogP contribution in [0.4, 0.5) is 0 Å². The van der Waals surface area contributed by atoms with Gasteiger partial charge in [0.1, 0.15) is 5.75 Å². The number of phenolic OH excluding ortho intramolecular Hbond substituents is 1. The SMILES string of the molecule is CC(=O)c1ccc(C=CCCBr)cc1O. The van der Waals surface area contributed by atoms with Crippen molar-refractivity contribution in [3.05, 3.63) is 35.4 Å². The third-order valence-electron chi connectivity index (χ3n) is 1.99. The van der Waals surface area contributed by atoms with Gasteiger partial charge in [0.15, 0.2) is 5.78 Å². The zero-order valence-electron chi connectivity index (χ0n) is 8.53. The van der Waals surface area contributed by atoms with Gasteiger partial charge in [0.05, 0.1) is 5.56 Å². The van der Waals surface area contributed by atoms with Gasteiger partial charge in [-0.3, -0.25) is 4.79 Å². The molecule has 1 rings (SSSR count). The average Bonchev–Trinajstić information content (AvgIpc) is 2.17. The Morgan fingerprint density at radius 2 is 2.27 bits per heavy atom. The molecule has 0 aliphatic rings. The highest BCUT2D eigenvalue weighted by atomic mass is 79.9. The Hall–Kier alpha value is -1.09.